The Morgan fingerprint density at radius 2 is 1.41 bits per heavy atom. The third kappa shape index (κ3) is 8.26. The maximum absolute atomic E-state index is 10.5. The summed E-state index contributed by atoms with van der Waals surface area (Å²) in [4.78, 5) is 0. The number of likely N-dealkylation sites (tertiary alicyclic amines) is 1. The molecule has 0 aromatic carbocycles. The van der Waals surface area contributed by atoms with Gasteiger partial charge in [-0.3, -0.25) is 0 Å². The van der Waals surface area contributed by atoms with Gasteiger partial charge in [-0.2, -0.15) is 0 Å². The van der Waals surface area contributed by atoms with Gasteiger partial charge >= 0.3 is 13.1 Å². The highest BCUT2D eigenvalue weighted by atomic mass is 19.4. The maximum atomic E-state index is 10.5. The topological polar surface area (TPSA) is 9.23 Å². The van der Waals surface area contributed by atoms with Gasteiger partial charge in [0, 0.05) is 18.8 Å². The first kappa shape index (κ1) is 21.6. The number of alkyl halides is 3. The molecule has 9 heteroatoms. The lowest BCUT2D eigenvalue weighted by Gasteiger charge is -2.35. The second-order valence-electron chi connectivity index (χ2n) is 6.53. The Hall–Kier alpha value is -0.435. The molecule has 0 atom stereocenters. The molecule has 0 unspecified atom stereocenters. The standard InChI is InChI=1S/C12H26NO.CBF6/c1-11(2)9-13(7-5-6-8-13)10-14-12(3)4;3-1(4,5)2(6,7)8/h11-12H,5-10H2,1-4H3;/q+1;-1. The monoisotopic (exact) mass is 337 g/mol. The van der Waals surface area contributed by atoms with Crippen LogP contribution in [0.3, 0.4) is 0 Å². The number of hydrogen-bond donors (Lipinski definition) is 0. The molecule has 0 aromatic rings. The molecule has 0 radical (unpaired) electrons. The number of halogens is 6. The van der Waals surface area contributed by atoms with Crippen LogP contribution in [0.2, 0.25) is 0 Å². The van der Waals surface area contributed by atoms with Gasteiger partial charge in [-0.1, -0.05) is 13.8 Å². The molecule has 1 fully saturated rings. The van der Waals surface area contributed by atoms with Crippen LogP contribution in [0.4, 0.5) is 26.1 Å². The van der Waals surface area contributed by atoms with Crippen molar-refractivity contribution in [3.8, 4) is 0 Å². The zero-order chi connectivity index (χ0) is 17.6. The van der Waals surface area contributed by atoms with Gasteiger partial charge in [0.25, 0.3) is 0 Å². The maximum Gasteiger partial charge on any atom is 0.583 e. The zero-order valence-electron chi connectivity index (χ0n) is 13.6. The highest BCUT2D eigenvalue weighted by Gasteiger charge is 2.53. The Morgan fingerprint density at radius 1 is 1.00 bits per heavy atom. The lowest BCUT2D eigenvalue weighted by Crippen LogP contribution is -2.49. The Balaban J connectivity index is 0.000000472. The first-order chi connectivity index (χ1) is 9.79. The van der Waals surface area contributed by atoms with E-state index in [-0.39, 0.29) is 0 Å². The summed E-state index contributed by atoms with van der Waals surface area (Å²) in [5.74, 6) is 0.781. The first-order valence-electron chi connectivity index (χ1n) is 7.52. The number of ether oxygens (including phenoxy) is 1. The highest BCUT2D eigenvalue weighted by molar-refractivity contribution is 6.60. The van der Waals surface area contributed by atoms with Crippen LogP contribution in [-0.2, 0) is 4.74 Å². The van der Waals surface area contributed by atoms with Gasteiger partial charge in [0.2, 0.25) is 0 Å². The Morgan fingerprint density at radius 3 is 1.68 bits per heavy atom. The molecule has 1 aliphatic rings. The van der Waals surface area contributed by atoms with Gasteiger partial charge in [0.15, 0.2) is 6.73 Å². The summed E-state index contributed by atoms with van der Waals surface area (Å²) < 4.78 is 69.9. The van der Waals surface area contributed by atoms with Gasteiger partial charge in [-0.05, 0) is 13.8 Å². The predicted molar refractivity (Wildman–Crippen MR) is 75.2 cm³/mol. The van der Waals surface area contributed by atoms with E-state index in [1.54, 1.807) is 0 Å². The van der Waals surface area contributed by atoms with Gasteiger partial charge in [-0.15, -0.1) is 0 Å². The molecule has 1 saturated heterocycles. The van der Waals surface area contributed by atoms with Crippen molar-refractivity contribution in [1.82, 2.24) is 0 Å². The minimum Gasteiger partial charge on any atom is -0.443 e. The SMILES string of the molecule is CC(C)C[N+]1(COC(C)C)CCCC1.F[B-](F)(F)C(F)(F)F. The van der Waals surface area contributed by atoms with E-state index in [2.05, 4.69) is 27.7 Å². The van der Waals surface area contributed by atoms with Crippen molar-refractivity contribution in [3.63, 3.8) is 0 Å². The molecular formula is C13H26BF6NO. The van der Waals surface area contributed by atoms with Gasteiger partial charge < -0.3 is 22.2 Å². The van der Waals surface area contributed by atoms with Crippen molar-refractivity contribution in [1.29, 1.82) is 0 Å². The van der Waals surface area contributed by atoms with Crippen LogP contribution in [0.25, 0.3) is 0 Å². The van der Waals surface area contributed by atoms with Gasteiger partial charge in [0.05, 0.1) is 25.7 Å². The minimum absolute atomic E-state index is 0.373. The summed E-state index contributed by atoms with van der Waals surface area (Å²) in [5, 5.41) is 0. The first-order valence-corrected chi connectivity index (χ1v) is 7.52. The quantitative estimate of drug-likeness (QED) is 0.406. The fraction of sp³-hybridized carbons (Fsp3) is 1.00. The summed E-state index contributed by atoms with van der Waals surface area (Å²) in [5.41, 5.74) is 0. The van der Waals surface area contributed by atoms with E-state index in [4.69, 9.17) is 4.74 Å². The van der Waals surface area contributed by atoms with Crippen LogP contribution in [0.5, 0.6) is 0 Å². The summed E-state index contributed by atoms with van der Waals surface area (Å²) in [6.07, 6.45) is -2.86. The molecule has 1 rings (SSSR count). The largest absolute Gasteiger partial charge is 0.583 e. The van der Waals surface area contributed by atoms with Crippen LogP contribution in [0.1, 0.15) is 40.5 Å². The number of rotatable bonds is 5. The highest BCUT2D eigenvalue weighted by Crippen LogP contribution is 2.31. The molecule has 0 amide bonds. The summed E-state index contributed by atoms with van der Waals surface area (Å²) >= 11 is 0. The van der Waals surface area contributed by atoms with E-state index in [0.29, 0.717) is 6.10 Å². The molecule has 134 valence electrons. The smallest absolute Gasteiger partial charge is 0.443 e. The van der Waals surface area contributed by atoms with Crippen LogP contribution >= 0.6 is 0 Å². The molecule has 0 spiro atoms. The van der Waals surface area contributed by atoms with Crippen molar-refractivity contribution >= 4 is 6.98 Å². The van der Waals surface area contributed by atoms with Gasteiger partial charge in [-0.25, -0.2) is 13.2 Å². The van der Waals surface area contributed by atoms with E-state index in [0.717, 1.165) is 12.6 Å². The Labute approximate surface area is 128 Å². The van der Waals surface area contributed by atoms with Crippen LogP contribution in [0, 0.1) is 5.92 Å². The average molecular weight is 337 g/mol. The van der Waals surface area contributed by atoms with Crippen molar-refractivity contribution in [2.24, 2.45) is 5.92 Å². The van der Waals surface area contributed by atoms with E-state index >= 15 is 0 Å². The second-order valence-corrected chi connectivity index (χ2v) is 6.53. The predicted octanol–water partition coefficient (Wildman–Crippen LogP) is 4.57. The molecular weight excluding hydrogens is 311 g/mol. The molecule has 2 nitrogen and oxygen atoms in total. The van der Waals surface area contributed by atoms with E-state index in [9.17, 15) is 26.1 Å². The second kappa shape index (κ2) is 8.43. The molecule has 0 N–H and O–H groups in total. The summed E-state index contributed by atoms with van der Waals surface area (Å²) in [7, 11) is 0. The lowest BCUT2D eigenvalue weighted by atomic mass is 9.92. The van der Waals surface area contributed by atoms with Crippen molar-refractivity contribution in [2.75, 3.05) is 26.4 Å². The van der Waals surface area contributed by atoms with Gasteiger partial charge in [0.1, 0.15) is 0 Å². The fourth-order valence-corrected chi connectivity index (χ4v) is 2.45. The molecule has 1 aliphatic heterocycles. The minimum atomic E-state index is -6.65. The number of quaternary nitrogens is 1. The molecule has 0 aliphatic carbocycles. The third-order valence-corrected chi connectivity index (χ3v) is 3.32. The molecule has 1 heterocycles. The van der Waals surface area contributed by atoms with Crippen molar-refractivity contribution in [2.45, 2.75) is 52.7 Å². The van der Waals surface area contributed by atoms with Crippen molar-refractivity contribution in [3.05, 3.63) is 0 Å². The third-order valence-electron chi connectivity index (χ3n) is 3.32. The van der Waals surface area contributed by atoms with E-state index in [1.807, 2.05) is 0 Å². The fourth-order valence-electron chi connectivity index (χ4n) is 2.45. The molecule has 22 heavy (non-hydrogen) atoms. The molecule has 0 aromatic heterocycles. The molecule has 0 saturated carbocycles. The number of hydrogen-bond acceptors (Lipinski definition) is 1. The van der Waals surface area contributed by atoms with Crippen molar-refractivity contribution < 1.29 is 35.3 Å². The molecule has 0 bridgehead atoms. The number of nitrogens with zero attached hydrogens (tertiary/aromatic N) is 1. The van der Waals surface area contributed by atoms with Crippen LogP contribution < -0.4 is 0 Å². The Kier molecular flexibility index (Phi) is 8.26. The zero-order valence-corrected chi connectivity index (χ0v) is 13.6. The lowest BCUT2D eigenvalue weighted by molar-refractivity contribution is -0.938. The van der Waals surface area contributed by atoms with E-state index < -0.39 is 13.1 Å². The van der Waals surface area contributed by atoms with Crippen LogP contribution in [-0.4, -0.2) is 50.0 Å². The van der Waals surface area contributed by atoms with E-state index in [1.165, 1.54) is 37.0 Å². The normalized spacial score (nSPS) is 18.5. The average Bonchev–Trinajstić information content (AvgIpc) is 2.72. The summed E-state index contributed by atoms with van der Waals surface area (Å²) in [6.45, 7) is 7.09. The summed E-state index contributed by atoms with van der Waals surface area (Å²) in [6, 6.07) is 0. The van der Waals surface area contributed by atoms with Crippen LogP contribution in [0.15, 0.2) is 0 Å². The Bertz CT molecular complexity index is 299.